The minimum absolute atomic E-state index is 0.231. The summed E-state index contributed by atoms with van der Waals surface area (Å²) in [4.78, 5) is 37.1. The zero-order chi connectivity index (χ0) is 20.0. The van der Waals surface area contributed by atoms with Crippen molar-refractivity contribution >= 4 is 29.0 Å². The van der Waals surface area contributed by atoms with Crippen molar-refractivity contribution in [1.82, 2.24) is 9.78 Å². The fourth-order valence-electron chi connectivity index (χ4n) is 2.54. The van der Waals surface area contributed by atoms with Gasteiger partial charge in [-0.05, 0) is 19.1 Å². The second-order valence-electron chi connectivity index (χ2n) is 5.70. The Kier molecular flexibility index (Phi) is 5.05. The minimum atomic E-state index is -4.79. The van der Waals surface area contributed by atoms with E-state index in [-0.39, 0.29) is 16.8 Å². The molecule has 0 saturated carbocycles. The van der Waals surface area contributed by atoms with E-state index in [1.807, 2.05) is 0 Å². The monoisotopic (exact) mass is 389 g/mol. The Balaban J connectivity index is 2.76. The zero-order valence-corrected chi connectivity index (χ0v) is 15.0. The Morgan fingerprint density at radius 1 is 1.27 bits per heavy atom. The maximum Gasteiger partial charge on any atom is 0.418 e. The van der Waals surface area contributed by atoms with Crippen molar-refractivity contribution < 1.29 is 22.8 Å². The van der Waals surface area contributed by atoms with Crippen molar-refractivity contribution in [3.63, 3.8) is 0 Å². The van der Waals surface area contributed by atoms with Crippen LogP contribution in [-0.2, 0) is 18.0 Å². The smallest absolute Gasteiger partial charge is 0.314 e. The van der Waals surface area contributed by atoms with E-state index >= 15 is 0 Å². The fourth-order valence-corrected chi connectivity index (χ4v) is 2.92. The summed E-state index contributed by atoms with van der Waals surface area (Å²) in [7, 11) is 2.52. The maximum atomic E-state index is 13.3. The lowest BCUT2D eigenvalue weighted by Crippen LogP contribution is -2.27. The highest BCUT2D eigenvalue weighted by Gasteiger charge is 2.38. The highest BCUT2D eigenvalue weighted by molar-refractivity contribution is 6.38. The molecule has 0 unspecified atom stereocenters. The van der Waals surface area contributed by atoms with E-state index in [1.54, 1.807) is 0 Å². The third-order valence-corrected chi connectivity index (χ3v) is 4.31. The summed E-state index contributed by atoms with van der Waals surface area (Å²) >= 11 is 6.08. The van der Waals surface area contributed by atoms with Crippen molar-refractivity contribution in [2.75, 3.05) is 11.9 Å². The molecule has 140 valence electrons. The molecule has 0 spiro atoms. The first kappa shape index (κ1) is 19.8. The molecule has 26 heavy (non-hydrogen) atoms. The van der Waals surface area contributed by atoms with Crippen LogP contribution in [0.3, 0.4) is 0 Å². The molecular weight excluding hydrogens is 375 g/mol. The van der Waals surface area contributed by atoms with Gasteiger partial charge in [-0.3, -0.25) is 24.2 Å². The molecule has 2 rings (SSSR count). The lowest BCUT2D eigenvalue weighted by atomic mass is 10.00. The van der Waals surface area contributed by atoms with Crippen molar-refractivity contribution in [2.24, 2.45) is 7.05 Å². The zero-order valence-electron chi connectivity index (χ0n) is 14.3. The van der Waals surface area contributed by atoms with E-state index in [1.165, 1.54) is 14.0 Å². The average molecular weight is 390 g/mol. The van der Waals surface area contributed by atoms with Gasteiger partial charge < -0.3 is 4.90 Å². The topological polar surface area (TPSA) is 75.2 Å². The minimum Gasteiger partial charge on any atom is -0.314 e. The van der Waals surface area contributed by atoms with Crippen molar-refractivity contribution in [2.45, 2.75) is 20.0 Å². The van der Waals surface area contributed by atoms with E-state index in [0.717, 1.165) is 24.7 Å². The summed E-state index contributed by atoms with van der Waals surface area (Å²) in [5.74, 6) is -1.53. The van der Waals surface area contributed by atoms with Gasteiger partial charge in [0, 0.05) is 32.3 Å². The highest BCUT2D eigenvalue weighted by atomic mass is 35.5. The van der Waals surface area contributed by atoms with E-state index in [9.17, 15) is 27.6 Å². The molecule has 1 heterocycles. The summed E-state index contributed by atoms with van der Waals surface area (Å²) in [5.41, 5.74) is -2.71. The number of nitrogens with zero attached hydrogens (tertiary/aromatic N) is 2. The number of halogens is 4. The van der Waals surface area contributed by atoms with Crippen LogP contribution in [0.5, 0.6) is 0 Å². The molecule has 0 saturated heterocycles. The predicted molar refractivity (Wildman–Crippen MR) is 89.7 cm³/mol. The number of ketones is 1. The molecule has 2 aromatic rings. The molecule has 1 amide bonds. The summed E-state index contributed by atoms with van der Waals surface area (Å²) < 4.78 is 41.0. The molecule has 1 aromatic carbocycles. The molecule has 0 aliphatic rings. The van der Waals surface area contributed by atoms with Gasteiger partial charge in [0.1, 0.15) is 5.56 Å². The molecule has 0 atom stereocenters. The Labute approximate surface area is 151 Å². The molecule has 0 fully saturated rings. The number of anilines is 1. The SMILES string of the molecule is CC(=O)N(C)c1c(C(F)(F)F)ccc(C(=O)c2c(C)[nH]n(C)c2=O)c1Cl. The molecule has 1 aromatic heterocycles. The van der Waals surface area contributed by atoms with Gasteiger partial charge in [0.15, 0.2) is 0 Å². The third kappa shape index (κ3) is 3.26. The molecular formula is C16H15ClF3N3O3. The summed E-state index contributed by atoms with van der Waals surface area (Å²) in [6.07, 6.45) is -4.79. The quantitative estimate of drug-likeness (QED) is 0.820. The number of aryl methyl sites for hydroxylation is 2. The first-order chi connectivity index (χ1) is 11.9. The number of benzene rings is 1. The second-order valence-corrected chi connectivity index (χ2v) is 6.08. The van der Waals surface area contributed by atoms with Crippen LogP contribution in [0.15, 0.2) is 16.9 Å². The largest absolute Gasteiger partial charge is 0.418 e. The Hall–Kier alpha value is -2.55. The van der Waals surface area contributed by atoms with Crippen molar-refractivity contribution in [3.05, 3.63) is 49.9 Å². The number of carbonyl (C=O) groups is 2. The van der Waals surface area contributed by atoms with Crippen molar-refractivity contribution in [1.29, 1.82) is 0 Å². The van der Waals surface area contributed by atoms with Crippen molar-refractivity contribution in [3.8, 4) is 0 Å². The van der Waals surface area contributed by atoms with Crippen LogP contribution in [0.1, 0.15) is 34.1 Å². The van der Waals surface area contributed by atoms with Crippen LogP contribution in [0.2, 0.25) is 5.02 Å². The number of H-pyrrole nitrogens is 1. The normalized spacial score (nSPS) is 11.5. The number of hydrogen-bond donors (Lipinski definition) is 1. The second kappa shape index (κ2) is 6.64. The summed E-state index contributed by atoms with van der Waals surface area (Å²) in [6.45, 7) is 2.55. The third-order valence-electron chi connectivity index (χ3n) is 3.93. The highest BCUT2D eigenvalue weighted by Crippen LogP contribution is 2.42. The number of carbonyl (C=O) groups excluding carboxylic acids is 2. The molecule has 1 N–H and O–H groups in total. The van der Waals surface area contributed by atoms with Gasteiger partial charge in [0.25, 0.3) is 5.56 Å². The van der Waals surface area contributed by atoms with Crippen LogP contribution in [0.4, 0.5) is 18.9 Å². The van der Waals surface area contributed by atoms with E-state index in [0.29, 0.717) is 11.0 Å². The fraction of sp³-hybridized carbons (Fsp3) is 0.312. The van der Waals surface area contributed by atoms with Crippen LogP contribution in [-0.4, -0.2) is 28.5 Å². The van der Waals surface area contributed by atoms with Gasteiger partial charge in [-0.2, -0.15) is 13.2 Å². The van der Waals surface area contributed by atoms with Crippen LogP contribution in [0, 0.1) is 6.92 Å². The van der Waals surface area contributed by atoms with Gasteiger partial charge in [-0.15, -0.1) is 0 Å². The van der Waals surface area contributed by atoms with E-state index < -0.39 is 39.7 Å². The molecule has 0 bridgehead atoms. The number of alkyl halides is 3. The standard InChI is InChI=1S/C16H15ClF3N3O3/c1-7-11(15(26)23(4)21-7)14(25)9-5-6-10(16(18,19)20)13(12(9)17)22(3)8(2)24/h5-6,21H,1-4H3. The number of nitrogens with one attached hydrogen (secondary N) is 1. The van der Waals surface area contributed by atoms with Crippen LogP contribution in [0.25, 0.3) is 0 Å². The number of aromatic nitrogens is 2. The first-order valence-corrected chi connectivity index (χ1v) is 7.70. The number of rotatable bonds is 3. The van der Waals surface area contributed by atoms with Crippen LogP contribution >= 0.6 is 11.6 Å². The Morgan fingerprint density at radius 2 is 1.85 bits per heavy atom. The van der Waals surface area contributed by atoms with Gasteiger partial charge in [0.2, 0.25) is 11.7 Å². The lowest BCUT2D eigenvalue weighted by Gasteiger charge is -2.23. The lowest BCUT2D eigenvalue weighted by molar-refractivity contribution is -0.137. The Morgan fingerprint density at radius 3 is 2.27 bits per heavy atom. The molecule has 6 nitrogen and oxygen atoms in total. The number of aromatic amines is 1. The van der Waals surface area contributed by atoms with Gasteiger partial charge in [0.05, 0.1) is 16.3 Å². The van der Waals surface area contributed by atoms with Crippen LogP contribution < -0.4 is 10.5 Å². The summed E-state index contributed by atoms with van der Waals surface area (Å²) in [5, 5.41) is 2.08. The molecule has 0 radical (unpaired) electrons. The predicted octanol–water partition coefficient (Wildman–Crippen LogP) is 2.91. The summed E-state index contributed by atoms with van der Waals surface area (Å²) in [6, 6.07) is 1.57. The van der Waals surface area contributed by atoms with Gasteiger partial charge in [-0.1, -0.05) is 11.6 Å². The molecule has 10 heteroatoms. The number of hydrogen-bond acceptors (Lipinski definition) is 3. The first-order valence-electron chi connectivity index (χ1n) is 7.32. The molecule has 0 aliphatic heterocycles. The van der Waals surface area contributed by atoms with E-state index in [4.69, 9.17) is 11.6 Å². The molecule has 0 aliphatic carbocycles. The van der Waals surface area contributed by atoms with E-state index in [2.05, 4.69) is 5.10 Å². The van der Waals surface area contributed by atoms with Gasteiger partial charge in [-0.25, -0.2) is 0 Å². The maximum absolute atomic E-state index is 13.3. The van der Waals surface area contributed by atoms with Gasteiger partial charge >= 0.3 is 6.18 Å². The Bertz CT molecular complexity index is 960. The average Bonchev–Trinajstić information content (AvgIpc) is 2.77. The number of amides is 1.